The first-order valence-electron chi connectivity index (χ1n) is 4.45. The summed E-state index contributed by atoms with van der Waals surface area (Å²) in [7, 11) is -3.42. The van der Waals surface area contributed by atoms with Crippen molar-refractivity contribution < 1.29 is 16.8 Å². The SMILES string of the molecule is CNCCS(=O)(=O)N(C)CCS(C)(=O)=O. The number of rotatable bonds is 7. The van der Waals surface area contributed by atoms with Gasteiger partial charge in [0.15, 0.2) is 0 Å². The molecule has 0 bridgehead atoms. The summed E-state index contributed by atoms with van der Waals surface area (Å²) in [6.45, 7) is 0.358. The van der Waals surface area contributed by atoms with E-state index in [2.05, 4.69) is 5.32 Å². The largest absolute Gasteiger partial charge is 0.319 e. The Morgan fingerprint density at radius 3 is 2.07 bits per heavy atom. The van der Waals surface area contributed by atoms with Gasteiger partial charge in [-0.3, -0.25) is 0 Å². The monoisotopic (exact) mass is 258 g/mol. The molecule has 0 fully saturated rings. The highest BCUT2D eigenvalue weighted by Gasteiger charge is 2.18. The Hall–Kier alpha value is -0.180. The fourth-order valence-corrected chi connectivity index (χ4v) is 2.68. The van der Waals surface area contributed by atoms with Gasteiger partial charge >= 0.3 is 0 Å². The van der Waals surface area contributed by atoms with E-state index >= 15 is 0 Å². The Balaban J connectivity index is 4.26. The molecule has 0 saturated heterocycles. The van der Waals surface area contributed by atoms with Gasteiger partial charge in [0.1, 0.15) is 9.84 Å². The van der Waals surface area contributed by atoms with Gasteiger partial charge < -0.3 is 5.32 Å². The molecule has 0 aromatic heterocycles. The molecule has 0 unspecified atom stereocenters. The molecule has 0 aromatic carbocycles. The lowest BCUT2D eigenvalue weighted by Gasteiger charge is -2.16. The van der Waals surface area contributed by atoms with E-state index in [0.29, 0.717) is 6.54 Å². The van der Waals surface area contributed by atoms with Crippen LogP contribution >= 0.6 is 0 Å². The van der Waals surface area contributed by atoms with Crippen molar-refractivity contribution in [1.82, 2.24) is 9.62 Å². The summed E-state index contributed by atoms with van der Waals surface area (Å²) < 4.78 is 45.8. The van der Waals surface area contributed by atoms with Gasteiger partial charge in [0, 0.05) is 26.4 Å². The Morgan fingerprint density at radius 2 is 1.67 bits per heavy atom. The second-order valence-electron chi connectivity index (χ2n) is 3.37. The van der Waals surface area contributed by atoms with Crippen molar-refractivity contribution in [3.63, 3.8) is 0 Å². The molecule has 6 nitrogen and oxygen atoms in total. The molecular weight excluding hydrogens is 240 g/mol. The molecule has 0 rings (SSSR count). The minimum atomic E-state index is -3.34. The van der Waals surface area contributed by atoms with Crippen molar-refractivity contribution in [2.75, 3.05) is 44.9 Å². The molecule has 0 aliphatic carbocycles. The Labute approximate surface area is 91.6 Å². The third-order valence-corrected chi connectivity index (χ3v) is 4.64. The maximum absolute atomic E-state index is 11.5. The highest BCUT2D eigenvalue weighted by molar-refractivity contribution is 7.91. The fraction of sp³-hybridized carbons (Fsp3) is 1.00. The highest BCUT2D eigenvalue weighted by atomic mass is 32.2. The standard InChI is InChI=1S/C7H18N2O4S2/c1-8-4-6-15(12,13)9(2)5-7-14(3,10)11/h8H,4-7H2,1-3H3. The molecule has 0 heterocycles. The van der Waals surface area contributed by atoms with Gasteiger partial charge in [-0.1, -0.05) is 0 Å². The van der Waals surface area contributed by atoms with Crippen LogP contribution in [0.2, 0.25) is 0 Å². The zero-order valence-corrected chi connectivity index (χ0v) is 10.9. The van der Waals surface area contributed by atoms with E-state index in [-0.39, 0.29) is 18.1 Å². The molecule has 0 aliphatic heterocycles. The zero-order valence-electron chi connectivity index (χ0n) is 9.23. The molecular formula is C7H18N2O4S2. The fourth-order valence-electron chi connectivity index (χ4n) is 0.820. The lowest BCUT2D eigenvalue weighted by atomic mass is 10.8. The van der Waals surface area contributed by atoms with Gasteiger partial charge in [-0.15, -0.1) is 0 Å². The average Bonchev–Trinajstić information content (AvgIpc) is 2.09. The second-order valence-corrected chi connectivity index (χ2v) is 7.83. The van der Waals surface area contributed by atoms with E-state index in [9.17, 15) is 16.8 Å². The third kappa shape index (κ3) is 6.82. The van der Waals surface area contributed by atoms with Gasteiger partial charge in [0.05, 0.1) is 11.5 Å². The number of nitrogens with zero attached hydrogens (tertiary/aromatic N) is 1. The summed E-state index contributed by atoms with van der Waals surface area (Å²) in [6.07, 6.45) is 1.08. The van der Waals surface area contributed by atoms with Gasteiger partial charge in [-0.25, -0.2) is 21.1 Å². The van der Waals surface area contributed by atoms with Crippen LogP contribution < -0.4 is 5.32 Å². The predicted octanol–water partition coefficient (Wildman–Crippen LogP) is -1.49. The van der Waals surface area contributed by atoms with Crippen molar-refractivity contribution >= 4 is 19.9 Å². The molecule has 0 amide bonds. The Morgan fingerprint density at radius 1 is 1.13 bits per heavy atom. The van der Waals surface area contributed by atoms with Gasteiger partial charge in [0.2, 0.25) is 10.0 Å². The van der Waals surface area contributed by atoms with Crippen molar-refractivity contribution in [3.05, 3.63) is 0 Å². The van der Waals surface area contributed by atoms with Crippen LogP contribution in [-0.4, -0.2) is 66.1 Å². The summed E-state index contributed by atoms with van der Waals surface area (Å²) in [5.74, 6) is -0.175. The van der Waals surface area contributed by atoms with Crippen LogP contribution in [0.5, 0.6) is 0 Å². The van der Waals surface area contributed by atoms with Crippen molar-refractivity contribution in [2.45, 2.75) is 0 Å². The lowest BCUT2D eigenvalue weighted by molar-refractivity contribution is 0.483. The van der Waals surface area contributed by atoms with E-state index in [4.69, 9.17) is 0 Å². The maximum Gasteiger partial charge on any atom is 0.215 e. The number of sulfonamides is 1. The van der Waals surface area contributed by atoms with Crippen LogP contribution in [0.15, 0.2) is 0 Å². The smallest absolute Gasteiger partial charge is 0.215 e. The van der Waals surface area contributed by atoms with E-state index in [1.807, 2.05) is 0 Å². The van der Waals surface area contributed by atoms with Crippen molar-refractivity contribution in [3.8, 4) is 0 Å². The summed E-state index contributed by atoms with van der Waals surface area (Å²) in [6, 6.07) is 0. The summed E-state index contributed by atoms with van der Waals surface area (Å²) >= 11 is 0. The average molecular weight is 258 g/mol. The van der Waals surface area contributed by atoms with E-state index in [1.54, 1.807) is 7.05 Å². The molecule has 0 atom stereocenters. The van der Waals surface area contributed by atoms with E-state index in [1.165, 1.54) is 7.05 Å². The first kappa shape index (κ1) is 14.8. The van der Waals surface area contributed by atoms with Crippen LogP contribution in [0.3, 0.4) is 0 Å². The number of hydrogen-bond donors (Lipinski definition) is 1. The predicted molar refractivity (Wildman–Crippen MR) is 60.1 cm³/mol. The van der Waals surface area contributed by atoms with Crippen molar-refractivity contribution in [1.29, 1.82) is 0 Å². The topological polar surface area (TPSA) is 83.6 Å². The molecule has 92 valence electrons. The summed E-state index contributed by atoms with van der Waals surface area (Å²) in [5, 5.41) is 2.73. The molecule has 0 saturated carbocycles. The highest BCUT2D eigenvalue weighted by Crippen LogP contribution is 1.98. The van der Waals surface area contributed by atoms with Crippen LogP contribution in [0, 0.1) is 0 Å². The zero-order chi connectivity index (χ0) is 12.1. The molecule has 15 heavy (non-hydrogen) atoms. The molecule has 0 aromatic rings. The number of hydrogen-bond acceptors (Lipinski definition) is 5. The van der Waals surface area contributed by atoms with Gasteiger partial charge in [-0.2, -0.15) is 0 Å². The quantitative estimate of drug-likeness (QED) is 0.601. The third-order valence-electron chi connectivity index (χ3n) is 1.86. The summed E-state index contributed by atoms with van der Waals surface area (Å²) in [5.41, 5.74) is 0. The van der Waals surface area contributed by atoms with Crippen LogP contribution in [0.4, 0.5) is 0 Å². The van der Waals surface area contributed by atoms with Crippen LogP contribution in [0.25, 0.3) is 0 Å². The first-order chi connectivity index (χ1) is 6.69. The molecule has 0 spiro atoms. The molecule has 1 N–H and O–H groups in total. The Kier molecular flexibility index (Phi) is 5.71. The van der Waals surface area contributed by atoms with Crippen molar-refractivity contribution in [2.24, 2.45) is 0 Å². The van der Waals surface area contributed by atoms with Gasteiger partial charge in [0.25, 0.3) is 0 Å². The van der Waals surface area contributed by atoms with Gasteiger partial charge in [-0.05, 0) is 7.05 Å². The maximum atomic E-state index is 11.5. The molecule has 0 radical (unpaired) electrons. The first-order valence-corrected chi connectivity index (χ1v) is 8.12. The Bertz CT molecular complexity index is 374. The minimum absolute atomic E-state index is 0.00484. The lowest BCUT2D eigenvalue weighted by Crippen LogP contribution is -2.35. The normalized spacial score (nSPS) is 13.3. The number of sulfone groups is 1. The summed E-state index contributed by atoms with van der Waals surface area (Å²) in [4.78, 5) is 0. The second kappa shape index (κ2) is 5.78. The number of nitrogens with one attached hydrogen (secondary N) is 1. The van der Waals surface area contributed by atoms with Crippen LogP contribution in [0.1, 0.15) is 0 Å². The van der Waals surface area contributed by atoms with E-state index in [0.717, 1.165) is 10.6 Å². The molecule has 0 aliphatic rings. The van der Waals surface area contributed by atoms with Crippen LogP contribution in [-0.2, 0) is 19.9 Å². The molecule has 8 heteroatoms. The minimum Gasteiger partial charge on any atom is -0.319 e. The van der Waals surface area contributed by atoms with E-state index < -0.39 is 19.9 Å².